The van der Waals surface area contributed by atoms with Crippen LogP contribution in [0.3, 0.4) is 0 Å². The molecular weight excluding hydrogens is 365 g/mol. The molecule has 0 fully saturated rings. The van der Waals surface area contributed by atoms with Crippen LogP contribution in [0.1, 0.15) is 15.4 Å². The van der Waals surface area contributed by atoms with Crippen LogP contribution in [0, 0.1) is 5.82 Å². The van der Waals surface area contributed by atoms with Gasteiger partial charge in [0.15, 0.2) is 11.6 Å². The van der Waals surface area contributed by atoms with Gasteiger partial charge in [-0.15, -0.1) is 11.3 Å². The van der Waals surface area contributed by atoms with Crippen molar-refractivity contribution in [3.63, 3.8) is 0 Å². The number of hydrogen-bond donors (Lipinski definition) is 1. The Morgan fingerprint density at radius 3 is 2.70 bits per heavy atom. The van der Waals surface area contributed by atoms with E-state index in [4.69, 9.17) is 10.5 Å². The summed E-state index contributed by atoms with van der Waals surface area (Å²) in [4.78, 5) is 19.8. The van der Waals surface area contributed by atoms with Gasteiger partial charge >= 0.3 is 0 Å². The van der Waals surface area contributed by atoms with Crippen molar-refractivity contribution in [1.82, 2.24) is 9.97 Å². The number of thiazole rings is 1. The molecular formula is C20H14FN3O2S. The van der Waals surface area contributed by atoms with Gasteiger partial charge in [0.25, 0.3) is 5.91 Å². The number of benzene rings is 2. The van der Waals surface area contributed by atoms with Crippen molar-refractivity contribution in [3.05, 3.63) is 77.3 Å². The molecule has 27 heavy (non-hydrogen) atoms. The number of carbonyl (C=O) groups excluding carboxylic acids is 1. The van der Waals surface area contributed by atoms with E-state index >= 15 is 0 Å². The highest BCUT2D eigenvalue weighted by atomic mass is 32.1. The van der Waals surface area contributed by atoms with Crippen molar-refractivity contribution in [2.24, 2.45) is 5.73 Å². The molecule has 2 aromatic heterocycles. The molecule has 2 aromatic carbocycles. The molecule has 0 aliphatic carbocycles. The summed E-state index contributed by atoms with van der Waals surface area (Å²) in [6, 6.07) is 14.2. The summed E-state index contributed by atoms with van der Waals surface area (Å²) in [5.41, 5.74) is 7.91. The molecule has 2 heterocycles. The lowest BCUT2D eigenvalue weighted by molar-refractivity contribution is 0.0995. The fourth-order valence-electron chi connectivity index (χ4n) is 2.71. The van der Waals surface area contributed by atoms with Crippen LogP contribution < -0.4 is 10.5 Å². The Kier molecular flexibility index (Phi) is 4.52. The molecule has 0 unspecified atom stereocenters. The minimum Gasteiger partial charge on any atom is -0.483 e. The number of halogens is 1. The minimum absolute atomic E-state index is 0.0250. The number of carbonyl (C=O) groups is 1. The van der Waals surface area contributed by atoms with E-state index in [-0.39, 0.29) is 17.9 Å². The second kappa shape index (κ2) is 7.13. The lowest BCUT2D eigenvalue weighted by atomic mass is 10.1. The number of ether oxygens (including phenoxy) is 1. The van der Waals surface area contributed by atoms with Crippen molar-refractivity contribution < 1.29 is 13.9 Å². The Bertz CT molecular complexity index is 1130. The van der Waals surface area contributed by atoms with E-state index in [1.165, 1.54) is 29.5 Å². The smallest absolute Gasteiger partial charge is 0.251 e. The maximum Gasteiger partial charge on any atom is 0.251 e. The Balaban J connectivity index is 1.57. The number of fused-ring (bicyclic) bond motifs is 1. The summed E-state index contributed by atoms with van der Waals surface area (Å²) >= 11 is 1.47. The molecule has 0 aliphatic heterocycles. The van der Waals surface area contributed by atoms with Gasteiger partial charge in [-0.3, -0.25) is 9.78 Å². The zero-order valence-electron chi connectivity index (χ0n) is 14.1. The summed E-state index contributed by atoms with van der Waals surface area (Å²) in [7, 11) is 0. The second-order valence-electron chi connectivity index (χ2n) is 5.80. The monoisotopic (exact) mass is 379 g/mol. The molecule has 5 nitrogen and oxygen atoms in total. The molecule has 0 saturated carbocycles. The van der Waals surface area contributed by atoms with Crippen molar-refractivity contribution in [2.45, 2.75) is 6.61 Å². The van der Waals surface area contributed by atoms with Gasteiger partial charge < -0.3 is 10.5 Å². The summed E-state index contributed by atoms with van der Waals surface area (Å²) in [5.74, 6) is -1.62. The first-order chi connectivity index (χ1) is 13.1. The fraction of sp³-hybridized carbons (Fsp3) is 0.0500. The quantitative estimate of drug-likeness (QED) is 0.564. The molecule has 4 aromatic rings. The average Bonchev–Trinajstić information content (AvgIpc) is 3.09. The van der Waals surface area contributed by atoms with E-state index in [1.807, 2.05) is 30.3 Å². The molecule has 0 spiro atoms. The molecule has 0 aliphatic rings. The third-order valence-electron chi connectivity index (χ3n) is 4.03. The van der Waals surface area contributed by atoms with Crippen LogP contribution in [-0.2, 0) is 6.61 Å². The van der Waals surface area contributed by atoms with Gasteiger partial charge in [-0.05, 0) is 47.5 Å². The number of hydrogen-bond acceptors (Lipinski definition) is 5. The molecule has 0 saturated heterocycles. The molecule has 7 heteroatoms. The summed E-state index contributed by atoms with van der Waals surface area (Å²) in [6.45, 7) is 0.100. The van der Waals surface area contributed by atoms with Crippen molar-refractivity contribution in [3.8, 4) is 16.9 Å². The number of pyridine rings is 1. The summed E-state index contributed by atoms with van der Waals surface area (Å²) < 4.78 is 20.8. The van der Waals surface area contributed by atoms with Crippen LogP contribution in [0.15, 0.2) is 60.9 Å². The maximum absolute atomic E-state index is 14.2. The number of amides is 1. The molecule has 2 N–H and O–H groups in total. The highest BCUT2D eigenvalue weighted by molar-refractivity contribution is 7.18. The van der Waals surface area contributed by atoms with Crippen molar-refractivity contribution in [1.29, 1.82) is 0 Å². The second-order valence-corrected chi connectivity index (χ2v) is 6.91. The first kappa shape index (κ1) is 17.1. The Morgan fingerprint density at radius 1 is 1.11 bits per heavy atom. The van der Waals surface area contributed by atoms with Gasteiger partial charge in [-0.2, -0.15) is 0 Å². The molecule has 0 bridgehead atoms. The van der Waals surface area contributed by atoms with Crippen molar-refractivity contribution in [2.75, 3.05) is 0 Å². The average molecular weight is 379 g/mol. The third-order valence-corrected chi connectivity index (χ3v) is 5.04. The van der Waals surface area contributed by atoms with Crippen molar-refractivity contribution >= 4 is 27.5 Å². The van der Waals surface area contributed by atoms with Crippen LogP contribution in [0.4, 0.5) is 4.39 Å². The maximum atomic E-state index is 14.2. The lowest BCUT2D eigenvalue weighted by Crippen LogP contribution is -2.13. The summed E-state index contributed by atoms with van der Waals surface area (Å²) in [6.07, 6.45) is 3.49. The topological polar surface area (TPSA) is 78.1 Å². The van der Waals surface area contributed by atoms with E-state index < -0.39 is 11.7 Å². The molecule has 1 amide bonds. The predicted molar refractivity (Wildman–Crippen MR) is 102 cm³/mol. The molecule has 134 valence electrons. The number of rotatable bonds is 5. The van der Waals surface area contributed by atoms with E-state index in [0.717, 1.165) is 21.3 Å². The summed E-state index contributed by atoms with van der Waals surface area (Å²) in [5, 5.41) is 0.709. The van der Waals surface area contributed by atoms with Crippen LogP contribution in [0.25, 0.3) is 21.3 Å². The highest BCUT2D eigenvalue weighted by Gasteiger charge is 2.14. The Morgan fingerprint density at radius 2 is 1.93 bits per heavy atom. The van der Waals surface area contributed by atoms with Crippen LogP contribution in [0.2, 0.25) is 0 Å². The first-order valence-corrected chi connectivity index (χ1v) is 8.94. The molecule has 0 radical (unpaired) electrons. The first-order valence-electron chi connectivity index (χ1n) is 8.13. The van der Waals surface area contributed by atoms with E-state index in [9.17, 15) is 9.18 Å². The van der Waals surface area contributed by atoms with Gasteiger partial charge in [0.2, 0.25) is 0 Å². The van der Waals surface area contributed by atoms with Gasteiger partial charge in [-0.25, -0.2) is 9.37 Å². The Hall–Kier alpha value is -3.32. The predicted octanol–water partition coefficient (Wildman–Crippen LogP) is 4.18. The number of nitrogens with two attached hydrogens (primary N) is 1. The molecule has 4 rings (SSSR count). The number of nitrogens with zero attached hydrogens (tertiary/aromatic N) is 2. The van der Waals surface area contributed by atoms with Gasteiger partial charge in [0, 0.05) is 12.4 Å². The zero-order valence-corrected chi connectivity index (χ0v) is 14.9. The molecule has 0 atom stereocenters. The van der Waals surface area contributed by atoms with E-state index in [1.54, 1.807) is 12.4 Å². The van der Waals surface area contributed by atoms with Gasteiger partial charge in [-0.1, -0.05) is 12.1 Å². The highest BCUT2D eigenvalue weighted by Crippen LogP contribution is 2.29. The van der Waals surface area contributed by atoms with E-state index in [0.29, 0.717) is 5.01 Å². The largest absolute Gasteiger partial charge is 0.483 e. The standard InChI is InChI=1S/C20H14FN3O2S/c21-19-14(20(22)25)2-1-3-16(19)26-11-18-24-15-10-13(4-5-17(15)27-18)12-6-8-23-9-7-12/h1-10H,11H2,(H2,22,25). The van der Waals surface area contributed by atoms with Crippen LogP contribution >= 0.6 is 11.3 Å². The minimum atomic E-state index is -0.832. The normalized spacial score (nSPS) is 10.9. The van der Waals surface area contributed by atoms with Gasteiger partial charge in [0.1, 0.15) is 11.6 Å². The van der Waals surface area contributed by atoms with E-state index in [2.05, 4.69) is 9.97 Å². The number of aromatic nitrogens is 2. The van der Waals surface area contributed by atoms with Gasteiger partial charge in [0.05, 0.1) is 15.8 Å². The third kappa shape index (κ3) is 3.50. The van der Waals surface area contributed by atoms with Crippen LogP contribution in [0.5, 0.6) is 5.75 Å². The Labute approximate surface area is 158 Å². The number of primary amides is 1. The lowest BCUT2D eigenvalue weighted by Gasteiger charge is -2.07. The van der Waals surface area contributed by atoms with Crippen LogP contribution in [-0.4, -0.2) is 15.9 Å². The SMILES string of the molecule is NC(=O)c1cccc(OCc2nc3cc(-c4ccncc4)ccc3s2)c1F. The zero-order chi connectivity index (χ0) is 18.8. The fourth-order valence-corrected chi connectivity index (χ4v) is 3.57.